The van der Waals surface area contributed by atoms with Crippen LogP contribution in [-0.4, -0.2) is 10.9 Å². The van der Waals surface area contributed by atoms with E-state index >= 15 is 0 Å². The lowest BCUT2D eigenvalue weighted by Crippen LogP contribution is -2.12. The lowest BCUT2D eigenvalue weighted by atomic mass is 10.1. The average Bonchev–Trinajstić information content (AvgIpc) is 2.95. The smallest absolute Gasteiger partial charge is 0.226 e. The van der Waals surface area contributed by atoms with Crippen molar-refractivity contribution in [3.63, 3.8) is 0 Å². The van der Waals surface area contributed by atoms with Gasteiger partial charge >= 0.3 is 0 Å². The first-order chi connectivity index (χ1) is 11.6. The number of aromatic nitrogens is 1. The van der Waals surface area contributed by atoms with Gasteiger partial charge in [-0.25, -0.2) is 4.98 Å². The normalized spacial score (nSPS) is 10.6. The van der Waals surface area contributed by atoms with Gasteiger partial charge in [-0.05, 0) is 25.8 Å². The van der Waals surface area contributed by atoms with Crippen molar-refractivity contribution in [2.75, 3.05) is 5.32 Å². The number of rotatable bonds is 5. The highest BCUT2D eigenvalue weighted by Crippen LogP contribution is 2.30. The number of nitrogens with zero attached hydrogens (tertiary/aromatic N) is 1. The fourth-order valence-corrected chi connectivity index (χ4v) is 3.37. The summed E-state index contributed by atoms with van der Waals surface area (Å²) < 4.78 is 0. The van der Waals surface area contributed by atoms with Crippen molar-refractivity contribution in [1.82, 2.24) is 4.98 Å². The Morgan fingerprint density at radius 1 is 1.04 bits per heavy atom. The van der Waals surface area contributed by atoms with Crippen LogP contribution in [0.1, 0.15) is 22.4 Å². The van der Waals surface area contributed by atoms with Crippen molar-refractivity contribution in [1.29, 1.82) is 0 Å². The van der Waals surface area contributed by atoms with Gasteiger partial charge in [0.1, 0.15) is 0 Å². The number of amides is 1. The molecule has 1 aromatic heterocycles. The third kappa shape index (κ3) is 4.09. The number of anilines is 1. The van der Waals surface area contributed by atoms with Crippen LogP contribution in [0.5, 0.6) is 0 Å². The SMILES string of the molecule is Cc1ccc(-c2nc(NC(=O)CCc3ccccc3)sc2C)cc1. The fourth-order valence-electron chi connectivity index (χ4n) is 2.51. The monoisotopic (exact) mass is 336 g/mol. The Morgan fingerprint density at radius 2 is 1.75 bits per heavy atom. The molecule has 0 fully saturated rings. The average molecular weight is 336 g/mol. The predicted octanol–water partition coefficient (Wildman–Crippen LogP) is 5.00. The molecule has 3 aromatic rings. The van der Waals surface area contributed by atoms with Gasteiger partial charge in [-0.1, -0.05) is 60.2 Å². The minimum absolute atomic E-state index is 0.00283. The number of nitrogens with one attached hydrogen (secondary N) is 1. The van der Waals surface area contributed by atoms with E-state index in [1.165, 1.54) is 22.5 Å². The molecule has 2 aromatic carbocycles. The van der Waals surface area contributed by atoms with Gasteiger partial charge in [0.2, 0.25) is 5.91 Å². The Hall–Kier alpha value is -2.46. The maximum Gasteiger partial charge on any atom is 0.226 e. The van der Waals surface area contributed by atoms with Gasteiger partial charge in [-0.2, -0.15) is 0 Å². The zero-order chi connectivity index (χ0) is 16.9. The lowest BCUT2D eigenvalue weighted by Gasteiger charge is -2.02. The first kappa shape index (κ1) is 16.4. The molecule has 0 spiro atoms. The van der Waals surface area contributed by atoms with Gasteiger partial charge in [0.05, 0.1) is 5.69 Å². The topological polar surface area (TPSA) is 42.0 Å². The molecule has 3 rings (SSSR count). The molecular weight excluding hydrogens is 316 g/mol. The predicted molar refractivity (Wildman–Crippen MR) is 100 cm³/mol. The van der Waals surface area contributed by atoms with Crippen LogP contribution in [0.15, 0.2) is 54.6 Å². The number of carbonyl (C=O) groups is 1. The summed E-state index contributed by atoms with van der Waals surface area (Å²) >= 11 is 1.52. The molecular formula is C20H20N2OS. The molecule has 0 aliphatic heterocycles. The molecule has 0 unspecified atom stereocenters. The second kappa shape index (κ2) is 7.41. The molecule has 0 radical (unpaired) electrons. The van der Waals surface area contributed by atoms with Gasteiger partial charge in [0.15, 0.2) is 5.13 Å². The van der Waals surface area contributed by atoms with Crippen LogP contribution in [0.25, 0.3) is 11.3 Å². The lowest BCUT2D eigenvalue weighted by molar-refractivity contribution is -0.116. The molecule has 3 nitrogen and oxygen atoms in total. The molecule has 1 heterocycles. The first-order valence-corrected chi connectivity index (χ1v) is 8.82. The van der Waals surface area contributed by atoms with Crippen molar-refractivity contribution >= 4 is 22.4 Å². The second-order valence-electron chi connectivity index (χ2n) is 5.82. The highest BCUT2D eigenvalue weighted by Gasteiger charge is 2.12. The van der Waals surface area contributed by atoms with Gasteiger partial charge in [-0.3, -0.25) is 4.79 Å². The van der Waals surface area contributed by atoms with Crippen LogP contribution < -0.4 is 5.32 Å². The highest BCUT2D eigenvalue weighted by atomic mass is 32.1. The molecule has 1 N–H and O–H groups in total. The van der Waals surface area contributed by atoms with Crippen LogP contribution in [0.4, 0.5) is 5.13 Å². The van der Waals surface area contributed by atoms with Crippen molar-refractivity contribution in [2.24, 2.45) is 0 Å². The van der Waals surface area contributed by atoms with Gasteiger partial charge in [0, 0.05) is 16.9 Å². The van der Waals surface area contributed by atoms with Crippen molar-refractivity contribution in [2.45, 2.75) is 26.7 Å². The molecule has 0 bridgehead atoms. The standard InChI is InChI=1S/C20H20N2OS/c1-14-8-11-17(12-9-14)19-15(2)24-20(22-19)21-18(23)13-10-16-6-4-3-5-7-16/h3-9,11-12H,10,13H2,1-2H3,(H,21,22,23). The maximum atomic E-state index is 12.1. The molecule has 0 atom stereocenters. The highest BCUT2D eigenvalue weighted by molar-refractivity contribution is 7.16. The third-order valence-corrected chi connectivity index (χ3v) is 4.74. The molecule has 0 aliphatic rings. The number of aryl methyl sites for hydroxylation is 3. The Balaban J connectivity index is 1.64. The molecule has 0 saturated carbocycles. The van der Waals surface area contributed by atoms with Crippen LogP contribution in [-0.2, 0) is 11.2 Å². The fraction of sp³-hybridized carbons (Fsp3) is 0.200. The molecule has 1 amide bonds. The van der Waals surface area contributed by atoms with E-state index in [0.717, 1.165) is 22.6 Å². The Morgan fingerprint density at radius 3 is 2.46 bits per heavy atom. The summed E-state index contributed by atoms with van der Waals surface area (Å²) in [5.74, 6) is 0.00283. The summed E-state index contributed by atoms with van der Waals surface area (Å²) in [5, 5.41) is 3.59. The third-order valence-electron chi connectivity index (χ3n) is 3.85. The second-order valence-corrected chi connectivity index (χ2v) is 7.03. The largest absolute Gasteiger partial charge is 0.302 e. The molecule has 122 valence electrons. The van der Waals surface area contributed by atoms with E-state index in [4.69, 9.17) is 0 Å². The summed E-state index contributed by atoms with van der Waals surface area (Å²) in [7, 11) is 0. The molecule has 0 aliphatic carbocycles. The first-order valence-electron chi connectivity index (χ1n) is 8.00. The summed E-state index contributed by atoms with van der Waals surface area (Å²) in [5.41, 5.74) is 4.42. The van der Waals surface area contributed by atoms with E-state index < -0.39 is 0 Å². The number of hydrogen-bond acceptors (Lipinski definition) is 3. The van der Waals surface area contributed by atoms with Crippen molar-refractivity contribution in [3.05, 3.63) is 70.6 Å². The minimum atomic E-state index is 0.00283. The van der Waals surface area contributed by atoms with E-state index in [-0.39, 0.29) is 5.91 Å². The van der Waals surface area contributed by atoms with Gasteiger partial charge < -0.3 is 5.32 Å². The van der Waals surface area contributed by atoms with E-state index in [0.29, 0.717) is 11.6 Å². The van der Waals surface area contributed by atoms with Gasteiger partial charge in [-0.15, -0.1) is 11.3 Å². The van der Waals surface area contributed by atoms with Crippen LogP contribution in [0.2, 0.25) is 0 Å². The van der Waals surface area contributed by atoms with Crippen LogP contribution in [0, 0.1) is 13.8 Å². The maximum absolute atomic E-state index is 12.1. The minimum Gasteiger partial charge on any atom is -0.302 e. The zero-order valence-corrected chi connectivity index (χ0v) is 14.7. The number of carbonyl (C=O) groups excluding carboxylic acids is 1. The van der Waals surface area contributed by atoms with E-state index in [1.807, 2.05) is 37.3 Å². The summed E-state index contributed by atoms with van der Waals surface area (Å²) in [6.45, 7) is 4.10. The Bertz CT molecular complexity index is 823. The van der Waals surface area contributed by atoms with Crippen LogP contribution in [0.3, 0.4) is 0 Å². The van der Waals surface area contributed by atoms with E-state index in [1.54, 1.807) is 0 Å². The summed E-state index contributed by atoms with van der Waals surface area (Å²) in [4.78, 5) is 17.8. The number of thiazole rings is 1. The Kier molecular flexibility index (Phi) is 5.06. The number of benzene rings is 2. The van der Waals surface area contributed by atoms with E-state index in [2.05, 4.69) is 41.5 Å². The summed E-state index contributed by atoms with van der Waals surface area (Å²) in [6, 6.07) is 18.3. The Labute approximate surface area is 146 Å². The quantitative estimate of drug-likeness (QED) is 0.712. The molecule has 24 heavy (non-hydrogen) atoms. The summed E-state index contributed by atoms with van der Waals surface area (Å²) in [6.07, 6.45) is 1.20. The van der Waals surface area contributed by atoms with Crippen LogP contribution >= 0.6 is 11.3 Å². The van der Waals surface area contributed by atoms with E-state index in [9.17, 15) is 4.79 Å². The molecule has 4 heteroatoms. The van der Waals surface area contributed by atoms with Crippen molar-refractivity contribution < 1.29 is 4.79 Å². The van der Waals surface area contributed by atoms with Gasteiger partial charge in [0.25, 0.3) is 0 Å². The van der Waals surface area contributed by atoms with Crippen molar-refractivity contribution in [3.8, 4) is 11.3 Å². The molecule has 0 saturated heterocycles. The number of hydrogen-bond donors (Lipinski definition) is 1. The zero-order valence-electron chi connectivity index (χ0n) is 13.9.